The van der Waals surface area contributed by atoms with Gasteiger partial charge in [-0.15, -0.1) is 0 Å². The molecular weight excluding hydrogens is 367 g/mol. The zero-order valence-corrected chi connectivity index (χ0v) is 14.1. The quantitative estimate of drug-likeness (QED) is 0.806. The van der Waals surface area contributed by atoms with E-state index in [0.29, 0.717) is 5.92 Å². The van der Waals surface area contributed by atoms with E-state index in [2.05, 4.69) is 27.9 Å². The number of amides is 1. The second-order valence-electron chi connectivity index (χ2n) is 5.14. The van der Waals surface area contributed by atoms with Crippen molar-refractivity contribution in [3.05, 3.63) is 27.3 Å². The van der Waals surface area contributed by atoms with Crippen molar-refractivity contribution in [1.29, 1.82) is 0 Å². The minimum absolute atomic E-state index is 0.139. The van der Waals surface area contributed by atoms with Crippen molar-refractivity contribution in [3.63, 3.8) is 0 Å². The van der Waals surface area contributed by atoms with Crippen LogP contribution in [0.25, 0.3) is 0 Å². The number of nitrogens with zero attached hydrogens (tertiary/aromatic N) is 1. The number of rotatable bonds is 4. The highest BCUT2D eigenvalue weighted by Crippen LogP contribution is 2.23. The topological polar surface area (TPSA) is 41.6 Å². The Morgan fingerprint density at radius 3 is 2.70 bits per heavy atom. The number of methoxy groups -OCH3 is 1. The maximum atomic E-state index is 12.5. The molecule has 1 heterocycles. The number of carbonyl (C=O) groups excluding carboxylic acids is 1. The molecule has 0 atom stereocenters. The summed E-state index contributed by atoms with van der Waals surface area (Å²) in [4.78, 5) is 14.5. The van der Waals surface area contributed by atoms with E-state index in [1.807, 2.05) is 30.1 Å². The molecule has 1 amide bonds. The number of piperidine rings is 1. The Labute approximate surface area is 134 Å². The summed E-state index contributed by atoms with van der Waals surface area (Å²) >= 11 is 2.20. The van der Waals surface area contributed by atoms with Crippen LogP contribution in [0.5, 0.6) is 5.75 Å². The van der Waals surface area contributed by atoms with Gasteiger partial charge in [-0.3, -0.25) is 4.79 Å². The molecule has 0 spiro atoms. The minimum Gasteiger partial charge on any atom is -0.497 e. The Balaban J connectivity index is 2.02. The average Bonchev–Trinajstić information content (AvgIpc) is 2.47. The molecule has 1 saturated heterocycles. The molecule has 1 aromatic rings. The van der Waals surface area contributed by atoms with Gasteiger partial charge in [0.25, 0.3) is 5.91 Å². The number of carbonyl (C=O) groups is 1. The maximum Gasteiger partial charge on any atom is 0.254 e. The molecule has 0 aliphatic carbocycles. The number of benzene rings is 1. The third-order valence-electron chi connectivity index (χ3n) is 3.80. The summed E-state index contributed by atoms with van der Waals surface area (Å²) in [5, 5.41) is 3.22. The van der Waals surface area contributed by atoms with E-state index in [9.17, 15) is 4.79 Å². The zero-order chi connectivity index (χ0) is 14.5. The first kappa shape index (κ1) is 15.6. The van der Waals surface area contributed by atoms with Crippen molar-refractivity contribution in [2.24, 2.45) is 5.92 Å². The van der Waals surface area contributed by atoms with Gasteiger partial charge in [-0.2, -0.15) is 0 Å². The lowest BCUT2D eigenvalue weighted by molar-refractivity contribution is 0.0690. The van der Waals surface area contributed by atoms with Gasteiger partial charge in [0.2, 0.25) is 0 Å². The Hall–Kier alpha value is -0.820. The van der Waals surface area contributed by atoms with Gasteiger partial charge in [0, 0.05) is 16.7 Å². The molecule has 0 bridgehead atoms. The van der Waals surface area contributed by atoms with Gasteiger partial charge in [0.05, 0.1) is 12.7 Å². The molecule has 1 aromatic carbocycles. The average molecular weight is 388 g/mol. The third-order valence-corrected chi connectivity index (χ3v) is 4.69. The highest BCUT2D eigenvalue weighted by atomic mass is 127. The summed E-state index contributed by atoms with van der Waals surface area (Å²) in [6, 6.07) is 5.62. The molecule has 1 fully saturated rings. The Kier molecular flexibility index (Phi) is 5.65. The Morgan fingerprint density at radius 2 is 2.15 bits per heavy atom. The van der Waals surface area contributed by atoms with E-state index in [4.69, 9.17) is 4.74 Å². The van der Waals surface area contributed by atoms with Gasteiger partial charge in [-0.05, 0) is 73.1 Å². The fourth-order valence-electron chi connectivity index (χ4n) is 2.60. The van der Waals surface area contributed by atoms with Gasteiger partial charge in [0.1, 0.15) is 5.75 Å². The van der Waals surface area contributed by atoms with E-state index in [0.717, 1.165) is 47.4 Å². The molecule has 110 valence electrons. The first-order chi connectivity index (χ1) is 9.65. The largest absolute Gasteiger partial charge is 0.497 e. The fraction of sp³-hybridized carbons (Fsp3) is 0.533. The standard InChI is InChI=1S/C15H21IN2O2/c1-17-10-11-5-7-18(8-6-11)15(19)13-4-3-12(20-2)9-14(13)16/h3-4,9,11,17H,5-8,10H2,1-2H3. The molecule has 4 nitrogen and oxygen atoms in total. The monoisotopic (exact) mass is 388 g/mol. The van der Waals surface area contributed by atoms with Crippen molar-refractivity contribution >= 4 is 28.5 Å². The smallest absolute Gasteiger partial charge is 0.254 e. The first-order valence-electron chi connectivity index (χ1n) is 6.93. The normalized spacial score (nSPS) is 16.2. The van der Waals surface area contributed by atoms with Crippen LogP contribution in [0.2, 0.25) is 0 Å². The third kappa shape index (κ3) is 3.63. The summed E-state index contributed by atoms with van der Waals surface area (Å²) < 4.78 is 6.13. The predicted molar refractivity (Wildman–Crippen MR) is 88.3 cm³/mol. The predicted octanol–water partition coefficient (Wildman–Crippen LogP) is 2.37. The van der Waals surface area contributed by atoms with Crippen LogP contribution in [0, 0.1) is 9.49 Å². The lowest BCUT2D eigenvalue weighted by Gasteiger charge is -2.32. The molecule has 1 N–H and O–H groups in total. The second-order valence-corrected chi connectivity index (χ2v) is 6.30. The number of hydrogen-bond donors (Lipinski definition) is 1. The first-order valence-corrected chi connectivity index (χ1v) is 8.01. The van der Waals surface area contributed by atoms with Crippen LogP contribution in [0.4, 0.5) is 0 Å². The Morgan fingerprint density at radius 1 is 1.45 bits per heavy atom. The highest BCUT2D eigenvalue weighted by Gasteiger charge is 2.24. The molecule has 0 unspecified atom stereocenters. The van der Waals surface area contributed by atoms with Crippen molar-refractivity contribution in [3.8, 4) is 5.75 Å². The van der Waals surface area contributed by atoms with Crippen LogP contribution >= 0.6 is 22.6 Å². The van der Waals surface area contributed by atoms with Crippen LogP contribution < -0.4 is 10.1 Å². The van der Waals surface area contributed by atoms with E-state index in [-0.39, 0.29) is 5.91 Å². The van der Waals surface area contributed by atoms with E-state index < -0.39 is 0 Å². The molecular formula is C15H21IN2O2. The number of nitrogens with one attached hydrogen (secondary N) is 1. The van der Waals surface area contributed by atoms with Crippen molar-refractivity contribution in [1.82, 2.24) is 10.2 Å². The van der Waals surface area contributed by atoms with Crippen LogP contribution in [-0.4, -0.2) is 44.6 Å². The van der Waals surface area contributed by atoms with Gasteiger partial charge in [-0.25, -0.2) is 0 Å². The second kappa shape index (κ2) is 7.26. The highest BCUT2D eigenvalue weighted by molar-refractivity contribution is 14.1. The fourth-order valence-corrected chi connectivity index (χ4v) is 3.31. The van der Waals surface area contributed by atoms with Crippen LogP contribution in [0.3, 0.4) is 0 Å². The van der Waals surface area contributed by atoms with Gasteiger partial charge >= 0.3 is 0 Å². The van der Waals surface area contributed by atoms with Crippen molar-refractivity contribution < 1.29 is 9.53 Å². The summed E-state index contributed by atoms with van der Waals surface area (Å²) in [7, 11) is 3.62. The zero-order valence-electron chi connectivity index (χ0n) is 12.0. The van der Waals surface area contributed by atoms with Crippen LogP contribution in [-0.2, 0) is 0 Å². The molecule has 5 heteroatoms. The van der Waals surface area contributed by atoms with E-state index in [1.54, 1.807) is 7.11 Å². The molecule has 0 aromatic heterocycles. The molecule has 0 radical (unpaired) electrons. The molecule has 2 rings (SSSR count). The number of ether oxygens (including phenoxy) is 1. The number of hydrogen-bond acceptors (Lipinski definition) is 3. The summed E-state index contributed by atoms with van der Waals surface area (Å²) in [6.07, 6.45) is 2.17. The molecule has 20 heavy (non-hydrogen) atoms. The molecule has 1 aliphatic rings. The van der Waals surface area contributed by atoms with Crippen LogP contribution in [0.15, 0.2) is 18.2 Å². The maximum absolute atomic E-state index is 12.5. The molecule has 0 saturated carbocycles. The lowest BCUT2D eigenvalue weighted by atomic mass is 9.96. The van der Waals surface area contributed by atoms with Gasteiger partial charge in [0.15, 0.2) is 0 Å². The van der Waals surface area contributed by atoms with Gasteiger partial charge in [-0.1, -0.05) is 0 Å². The number of halogens is 1. The van der Waals surface area contributed by atoms with E-state index >= 15 is 0 Å². The summed E-state index contributed by atoms with van der Waals surface area (Å²) in [5.41, 5.74) is 0.776. The lowest BCUT2D eigenvalue weighted by Crippen LogP contribution is -2.40. The van der Waals surface area contributed by atoms with Crippen molar-refractivity contribution in [2.45, 2.75) is 12.8 Å². The van der Waals surface area contributed by atoms with E-state index in [1.165, 1.54) is 0 Å². The van der Waals surface area contributed by atoms with Gasteiger partial charge < -0.3 is 15.0 Å². The summed E-state index contributed by atoms with van der Waals surface area (Å²) in [6.45, 7) is 2.75. The SMILES string of the molecule is CNCC1CCN(C(=O)c2ccc(OC)cc2I)CC1. The molecule has 1 aliphatic heterocycles. The Bertz CT molecular complexity index is 471. The summed E-state index contributed by atoms with van der Waals surface area (Å²) in [5.74, 6) is 1.62. The van der Waals surface area contributed by atoms with Crippen LogP contribution in [0.1, 0.15) is 23.2 Å². The van der Waals surface area contributed by atoms with Crippen molar-refractivity contribution in [2.75, 3.05) is 33.8 Å². The number of likely N-dealkylation sites (tertiary alicyclic amines) is 1. The minimum atomic E-state index is 0.139.